The number of aryl methyl sites for hydroxylation is 1. The van der Waals surface area contributed by atoms with Gasteiger partial charge in [0.25, 0.3) is 5.22 Å². The molecule has 0 aliphatic heterocycles. The number of rotatable bonds is 5. The molecule has 6 nitrogen and oxygen atoms in total. The smallest absolute Gasteiger partial charge is 0.342 e. The quantitative estimate of drug-likeness (QED) is 0.348. The predicted octanol–water partition coefficient (Wildman–Crippen LogP) is 3.81. The van der Waals surface area contributed by atoms with Crippen molar-refractivity contribution >= 4 is 69.0 Å². The highest BCUT2D eigenvalue weighted by Crippen LogP contribution is 2.32. The lowest BCUT2D eigenvalue weighted by Gasteiger charge is -2.07. The SMILES string of the molecule is COc1c(I)cc(/C=C(\Sc2nnc(C)o2)C(=O)O)cc1I. The van der Waals surface area contributed by atoms with Crippen LogP contribution in [0.4, 0.5) is 0 Å². The monoisotopic (exact) mass is 544 g/mol. The number of aromatic nitrogens is 2. The third-order valence-electron chi connectivity index (χ3n) is 2.44. The highest BCUT2D eigenvalue weighted by molar-refractivity contribution is 14.1. The molecule has 0 saturated carbocycles. The minimum absolute atomic E-state index is 0.0976. The van der Waals surface area contributed by atoms with Crippen LogP contribution in [0.1, 0.15) is 11.5 Å². The molecule has 22 heavy (non-hydrogen) atoms. The summed E-state index contributed by atoms with van der Waals surface area (Å²) in [5.41, 5.74) is 0.760. The maximum absolute atomic E-state index is 11.4. The highest BCUT2D eigenvalue weighted by Gasteiger charge is 2.15. The number of thioether (sulfide) groups is 1. The first-order chi connectivity index (χ1) is 10.4. The molecule has 0 amide bonds. The second-order valence-electron chi connectivity index (χ2n) is 4.02. The summed E-state index contributed by atoms with van der Waals surface area (Å²) in [6.07, 6.45) is 1.57. The van der Waals surface area contributed by atoms with E-state index in [0.717, 1.165) is 30.2 Å². The van der Waals surface area contributed by atoms with Crippen LogP contribution in [0.5, 0.6) is 5.75 Å². The van der Waals surface area contributed by atoms with E-state index in [1.54, 1.807) is 20.1 Å². The molecule has 0 bridgehead atoms. The zero-order valence-corrected chi connectivity index (χ0v) is 16.6. The summed E-state index contributed by atoms with van der Waals surface area (Å²) >= 11 is 5.22. The molecular weight excluding hydrogens is 534 g/mol. The summed E-state index contributed by atoms with van der Waals surface area (Å²) < 4.78 is 12.3. The summed E-state index contributed by atoms with van der Waals surface area (Å²) in [5.74, 6) is 0.109. The zero-order chi connectivity index (χ0) is 16.3. The second kappa shape index (κ2) is 7.64. The second-order valence-corrected chi connectivity index (χ2v) is 7.34. The van der Waals surface area contributed by atoms with E-state index >= 15 is 0 Å². The Morgan fingerprint density at radius 1 is 1.36 bits per heavy atom. The van der Waals surface area contributed by atoms with E-state index in [0.29, 0.717) is 5.89 Å². The number of ether oxygens (including phenoxy) is 1. The molecule has 0 unspecified atom stereocenters. The van der Waals surface area contributed by atoms with Crippen molar-refractivity contribution in [2.75, 3.05) is 7.11 Å². The molecule has 9 heteroatoms. The van der Waals surface area contributed by atoms with Gasteiger partial charge in [-0.2, -0.15) is 0 Å². The number of nitrogens with zero attached hydrogens (tertiary/aromatic N) is 2. The standard InChI is InChI=1S/C13H10I2N2O4S/c1-6-16-17-13(21-6)22-10(12(18)19)5-7-3-8(14)11(20-2)9(15)4-7/h3-5H,1-2H3,(H,18,19)/b10-5-. The maximum atomic E-state index is 11.4. The molecule has 0 aliphatic carbocycles. The number of carboxylic acids is 1. The fraction of sp³-hybridized carbons (Fsp3) is 0.154. The molecular formula is C13H10I2N2O4S. The Morgan fingerprint density at radius 2 is 2.00 bits per heavy atom. The van der Waals surface area contributed by atoms with Crippen LogP contribution in [0.3, 0.4) is 0 Å². The van der Waals surface area contributed by atoms with E-state index in [1.807, 2.05) is 12.1 Å². The van der Waals surface area contributed by atoms with Crippen molar-refractivity contribution in [1.82, 2.24) is 10.2 Å². The lowest BCUT2D eigenvalue weighted by Crippen LogP contribution is -1.98. The van der Waals surface area contributed by atoms with Crippen molar-refractivity contribution < 1.29 is 19.1 Å². The fourth-order valence-electron chi connectivity index (χ4n) is 1.56. The van der Waals surface area contributed by atoms with Crippen LogP contribution >= 0.6 is 56.9 Å². The lowest BCUT2D eigenvalue weighted by atomic mass is 10.2. The van der Waals surface area contributed by atoms with Crippen molar-refractivity contribution in [3.05, 3.63) is 35.6 Å². The summed E-state index contributed by atoms with van der Waals surface area (Å²) in [6, 6.07) is 3.70. The van der Waals surface area contributed by atoms with Gasteiger partial charge in [0, 0.05) is 6.92 Å². The third kappa shape index (κ3) is 4.35. The van der Waals surface area contributed by atoms with Gasteiger partial charge in [0.1, 0.15) is 10.7 Å². The Kier molecular flexibility index (Phi) is 6.09. The summed E-state index contributed by atoms with van der Waals surface area (Å²) in [5, 5.41) is 17.0. The normalized spacial score (nSPS) is 11.5. The van der Waals surface area contributed by atoms with Gasteiger partial charge in [0.2, 0.25) is 5.89 Å². The zero-order valence-electron chi connectivity index (χ0n) is 11.5. The number of aliphatic carboxylic acids is 1. The predicted molar refractivity (Wildman–Crippen MR) is 98.9 cm³/mol. The van der Waals surface area contributed by atoms with Gasteiger partial charge in [0.05, 0.1) is 14.3 Å². The lowest BCUT2D eigenvalue weighted by molar-refractivity contribution is -0.131. The van der Waals surface area contributed by atoms with Crippen molar-refractivity contribution in [3.63, 3.8) is 0 Å². The molecule has 1 aromatic carbocycles. The van der Waals surface area contributed by atoms with Crippen LogP contribution in [0.15, 0.2) is 26.7 Å². The van der Waals surface area contributed by atoms with Crippen LogP contribution in [-0.2, 0) is 4.79 Å². The Morgan fingerprint density at radius 3 is 2.45 bits per heavy atom. The third-order valence-corrected chi connectivity index (χ3v) is 4.89. The number of carboxylic acid groups (broad SMARTS) is 1. The molecule has 116 valence electrons. The van der Waals surface area contributed by atoms with Gasteiger partial charge in [-0.05, 0) is 80.7 Å². The molecule has 0 aliphatic rings. The molecule has 0 fully saturated rings. The summed E-state index contributed by atoms with van der Waals surface area (Å²) in [4.78, 5) is 11.5. The number of methoxy groups -OCH3 is 1. The molecule has 2 aromatic rings. The van der Waals surface area contributed by atoms with E-state index in [2.05, 4.69) is 55.4 Å². The van der Waals surface area contributed by atoms with E-state index in [1.165, 1.54) is 0 Å². The van der Waals surface area contributed by atoms with Gasteiger partial charge in [-0.25, -0.2) is 4.79 Å². The van der Waals surface area contributed by atoms with E-state index in [4.69, 9.17) is 9.15 Å². The largest absolute Gasteiger partial charge is 0.495 e. The molecule has 1 aromatic heterocycles. The molecule has 0 atom stereocenters. The van der Waals surface area contributed by atoms with E-state index in [9.17, 15) is 9.90 Å². The first-order valence-corrected chi connectivity index (χ1v) is 8.84. The topological polar surface area (TPSA) is 85.5 Å². The van der Waals surface area contributed by atoms with Crippen molar-refractivity contribution in [3.8, 4) is 5.75 Å². The Hall–Kier alpha value is -0.820. The van der Waals surface area contributed by atoms with Gasteiger partial charge in [0.15, 0.2) is 0 Å². The minimum atomic E-state index is -1.05. The molecule has 0 spiro atoms. The van der Waals surface area contributed by atoms with Gasteiger partial charge in [-0.15, -0.1) is 10.2 Å². The molecule has 2 rings (SSSR count). The van der Waals surface area contributed by atoms with Crippen LogP contribution in [0.2, 0.25) is 0 Å². The Labute approximate surface area is 158 Å². The van der Waals surface area contributed by atoms with Gasteiger partial charge in [-0.3, -0.25) is 0 Å². The number of benzene rings is 1. The molecule has 0 saturated heterocycles. The van der Waals surface area contributed by atoms with Gasteiger partial charge in [-0.1, -0.05) is 0 Å². The Bertz CT molecular complexity index is 722. The molecule has 1 N–H and O–H groups in total. The number of hydrogen-bond donors (Lipinski definition) is 1. The first kappa shape index (κ1) is 17.5. The van der Waals surface area contributed by atoms with E-state index < -0.39 is 5.97 Å². The van der Waals surface area contributed by atoms with Crippen LogP contribution in [0.25, 0.3) is 6.08 Å². The Balaban J connectivity index is 2.36. The molecule has 1 heterocycles. The van der Waals surface area contributed by atoms with Crippen LogP contribution in [-0.4, -0.2) is 28.4 Å². The van der Waals surface area contributed by atoms with Crippen molar-refractivity contribution in [2.24, 2.45) is 0 Å². The fourth-order valence-corrected chi connectivity index (χ4v) is 4.53. The van der Waals surface area contributed by atoms with Crippen LogP contribution < -0.4 is 4.74 Å². The summed E-state index contributed by atoms with van der Waals surface area (Å²) in [6.45, 7) is 1.65. The summed E-state index contributed by atoms with van der Waals surface area (Å²) in [7, 11) is 1.60. The van der Waals surface area contributed by atoms with Gasteiger partial charge < -0.3 is 14.3 Å². The minimum Gasteiger partial charge on any atom is -0.495 e. The number of carbonyl (C=O) groups is 1. The average molecular weight is 544 g/mol. The van der Waals surface area contributed by atoms with Gasteiger partial charge >= 0.3 is 5.97 Å². The average Bonchev–Trinajstić information content (AvgIpc) is 2.83. The highest BCUT2D eigenvalue weighted by atomic mass is 127. The number of halogens is 2. The van der Waals surface area contributed by atoms with Crippen LogP contribution in [0, 0.1) is 14.1 Å². The van der Waals surface area contributed by atoms with Crippen molar-refractivity contribution in [1.29, 1.82) is 0 Å². The van der Waals surface area contributed by atoms with Crippen molar-refractivity contribution in [2.45, 2.75) is 12.1 Å². The van der Waals surface area contributed by atoms with E-state index in [-0.39, 0.29) is 10.1 Å². The first-order valence-electron chi connectivity index (χ1n) is 5.86. The maximum Gasteiger partial charge on any atom is 0.342 e. The number of hydrogen-bond acceptors (Lipinski definition) is 6. The molecule has 0 radical (unpaired) electrons.